The van der Waals surface area contributed by atoms with Crippen molar-refractivity contribution in [3.05, 3.63) is 100 Å². The van der Waals surface area contributed by atoms with Crippen molar-refractivity contribution in [1.29, 1.82) is 0 Å². The van der Waals surface area contributed by atoms with Gasteiger partial charge in [-0.2, -0.15) is 0 Å². The molecule has 146 valence electrons. The molecule has 0 atom stereocenters. The van der Waals surface area contributed by atoms with Crippen molar-refractivity contribution in [3.8, 4) is 5.75 Å². The third kappa shape index (κ3) is 4.94. The average molecular weight is 407 g/mol. The molecule has 29 heavy (non-hydrogen) atoms. The van der Waals surface area contributed by atoms with Crippen LogP contribution in [0.3, 0.4) is 0 Å². The lowest BCUT2D eigenvalue weighted by Gasteiger charge is -2.19. The number of thiocarbonyl (C=S) groups is 1. The maximum absolute atomic E-state index is 13.0. The van der Waals surface area contributed by atoms with Crippen molar-refractivity contribution < 1.29 is 14.8 Å². The minimum atomic E-state index is -0.601. The fourth-order valence-corrected chi connectivity index (χ4v) is 3.07. The van der Waals surface area contributed by atoms with E-state index in [-0.39, 0.29) is 28.1 Å². The maximum atomic E-state index is 13.0. The van der Waals surface area contributed by atoms with Gasteiger partial charge in [0.1, 0.15) is 5.75 Å². The summed E-state index contributed by atoms with van der Waals surface area (Å²) in [6.45, 7) is 0. The van der Waals surface area contributed by atoms with Crippen LogP contribution in [0.15, 0.2) is 78.9 Å². The predicted octanol–water partition coefficient (Wildman–Crippen LogP) is 3.95. The number of hydrogen-bond donors (Lipinski definition) is 3. The van der Waals surface area contributed by atoms with Crippen molar-refractivity contribution in [3.63, 3.8) is 0 Å². The first-order chi connectivity index (χ1) is 14.0. The second-order valence-corrected chi connectivity index (χ2v) is 6.56. The first kappa shape index (κ1) is 20.0. The lowest BCUT2D eigenvalue weighted by atomic mass is 9.90. The summed E-state index contributed by atoms with van der Waals surface area (Å²) in [5.41, 5.74) is 1.39. The van der Waals surface area contributed by atoms with E-state index in [1.165, 1.54) is 12.1 Å². The summed E-state index contributed by atoms with van der Waals surface area (Å²) < 4.78 is 0. The average Bonchev–Trinajstić information content (AvgIpc) is 2.71. The van der Waals surface area contributed by atoms with E-state index in [0.717, 1.165) is 17.2 Å². The van der Waals surface area contributed by atoms with Gasteiger partial charge in [0.15, 0.2) is 5.11 Å². The van der Waals surface area contributed by atoms with E-state index < -0.39 is 10.8 Å². The summed E-state index contributed by atoms with van der Waals surface area (Å²) >= 11 is 5.18. The van der Waals surface area contributed by atoms with Crippen LogP contribution in [-0.4, -0.2) is 21.0 Å². The summed E-state index contributed by atoms with van der Waals surface area (Å²) in [4.78, 5) is 23.3. The van der Waals surface area contributed by atoms with Crippen LogP contribution >= 0.6 is 12.2 Å². The fraction of sp³-hybridized carbons (Fsp3) is 0.0476. The summed E-state index contributed by atoms with van der Waals surface area (Å²) in [6.07, 6.45) is 0. The number of hydrogen-bond acceptors (Lipinski definition) is 5. The second-order valence-electron chi connectivity index (χ2n) is 6.16. The Morgan fingerprint density at radius 2 is 1.52 bits per heavy atom. The molecule has 0 saturated heterocycles. The Bertz CT molecular complexity index is 1000. The quantitative estimate of drug-likeness (QED) is 0.256. The van der Waals surface area contributed by atoms with Gasteiger partial charge >= 0.3 is 0 Å². The maximum Gasteiger partial charge on any atom is 0.271 e. The molecular weight excluding hydrogens is 390 g/mol. The van der Waals surface area contributed by atoms with Gasteiger partial charge in [0.2, 0.25) is 5.91 Å². The zero-order chi connectivity index (χ0) is 20.8. The molecule has 3 aromatic carbocycles. The molecule has 0 radical (unpaired) electrons. The van der Waals surface area contributed by atoms with E-state index >= 15 is 0 Å². The molecule has 0 aromatic heterocycles. The van der Waals surface area contributed by atoms with Gasteiger partial charge in [-0.1, -0.05) is 60.7 Å². The molecule has 0 fully saturated rings. The van der Waals surface area contributed by atoms with Crippen LogP contribution in [0, 0.1) is 10.1 Å². The molecule has 0 bridgehead atoms. The molecule has 0 spiro atoms. The van der Waals surface area contributed by atoms with Crippen LogP contribution in [0.5, 0.6) is 5.75 Å². The fourth-order valence-electron chi connectivity index (χ4n) is 2.86. The van der Waals surface area contributed by atoms with Crippen LogP contribution in [0.25, 0.3) is 0 Å². The van der Waals surface area contributed by atoms with Gasteiger partial charge in [-0.25, -0.2) is 0 Å². The van der Waals surface area contributed by atoms with Crippen LogP contribution in [0.2, 0.25) is 0 Å². The smallest absolute Gasteiger partial charge is 0.271 e. The molecule has 7 nitrogen and oxygen atoms in total. The van der Waals surface area contributed by atoms with Crippen LogP contribution in [0.1, 0.15) is 17.0 Å². The van der Waals surface area contributed by atoms with Gasteiger partial charge in [0.25, 0.3) is 5.69 Å². The van der Waals surface area contributed by atoms with Gasteiger partial charge in [-0.3, -0.25) is 14.9 Å². The number of benzene rings is 3. The van der Waals surface area contributed by atoms with Crippen molar-refractivity contribution in [2.75, 3.05) is 5.32 Å². The van der Waals surface area contributed by atoms with E-state index in [0.29, 0.717) is 0 Å². The normalized spacial score (nSPS) is 10.4. The lowest BCUT2D eigenvalue weighted by Crippen LogP contribution is -2.37. The van der Waals surface area contributed by atoms with Gasteiger partial charge in [0.05, 0.1) is 16.5 Å². The summed E-state index contributed by atoms with van der Waals surface area (Å²) in [6, 6.07) is 22.0. The van der Waals surface area contributed by atoms with Crippen LogP contribution < -0.4 is 10.6 Å². The first-order valence-corrected chi connectivity index (χ1v) is 9.05. The Balaban J connectivity index is 1.81. The molecule has 0 aliphatic rings. The number of carbonyl (C=O) groups excluding carboxylic acids is 1. The molecule has 8 heteroatoms. The summed E-state index contributed by atoms with van der Waals surface area (Å²) in [5.74, 6) is -1.20. The van der Waals surface area contributed by atoms with E-state index in [1.54, 1.807) is 0 Å². The standard InChI is InChI=1S/C21H17N3O4S/c25-18-12-11-16(24(27)28)13-17(18)22-21(29)23-20(26)19(14-7-3-1-4-8-14)15-9-5-2-6-10-15/h1-13,19,25H,(H2,22,23,26,29). The Kier molecular flexibility index (Phi) is 6.16. The molecule has 3 rings (SSSR count). The molecule has 3 N–H and O–H groups in total. The molecule has 0 heterocycles. The zero-order valence-electron chi connectivity index (χ0n) is 15.1. The topological polar surface area (TPSA) is 104 Å². The van der Waals surface area contributed by atoms with E-state index in [4.69, 9.17) is 12.2 Å². The monoisotopic (exact) mass is 407 g/mol. The van der Waals surface area contributed by atoms with Gasteiger partial charge in [0, 0.05) is 12.1 Å². The number of phenolic OH excluding ortho intramolecular Hbond substituents is 1. The SMILES string of the molecule is O=C(NC(=S)Nc1cc([N+](=O)[O-])ccc1O)C(c1ccccc1)c1ccccc1. The van der Waals surface area contributed by atoms with Crippen molar-refractivity contribution in [1.82, 2.24) is 5.32 Å². The number of amides is 1. The Morgan fingerprint density at radius 3 is 2.03 bits per heavy atom. The predicted molar refractivity (Wildman–Crippen MR) is 114 cm³/mol. The number of nitrogens with one attached hydrogen (secondary N) is 2. The highest BCUT2D eigenvalue weighted by Crippen LogP contribution is 2.28. The second kappa shape index (κ2) is 8.94. The molecule has 0 saturated carbocycles. The number of non-ortho nitro benzene ring substituents is 1. The zero-order valence-corrected chi connectivity index (χ0v) is 15.9. The minimum Gasteiger partial charge on any atom is -0.506 e. The van der Waals surface area contributed by atoms with Gasteiger partial charge in [-0.15, -0.1) is 0 Å². The molecule has 0 aliphatic heterocycles. The third-order valence-corrected chi connectivity index (χ3v) is 4.41. The number of rotatable bonds is 5. The first-order valence-electron chi connectivity index (χ1n) is 8.65. The van der Waals surface area contributed by atoms with Crippen molar-refractivity contribution in [2.45, 2.75) is 5.92 Å². The number of aromatic hydroxyl groups is 1. The van der Waals surface area contributed by atoms with Crippen molar-refractivity contribution >= 4 is 34.6 Å². The number of nitro benzene ring substituents is 1. The Hall–Kier alpha value is -3.78. The van der Waals surface area contributed by atoms with Gasteiger partial charge in [-0.05, 0) is 29.4 Å². The van der Waals surface area contributed by atoms with E-state index in [1.807, 2.05) is 60.7 Å². The minimum absolute atomic E-state index is 0.0282. The summed E-state index contributed by atoms with van der Waals surface area (Å²) in [5, 5.41) is 26.0. The van der Waals surface area contributed by atoms with E-state index in [9.17, 15) is 20.0 Å². The van der Waals surface area contributed by atoms with E-state index in [2.05, 4.69) is 10.6 Å². The number of nitro groups is 1. The number of phenols is 1. The highest BCUT2D eigenvalue weighted by Gasteiger charge is 2.23. The van der Waals surface area contributed by atoms with Gasteiger partial charge < -0.3 is 15.7 Å². The molecule has 1 amide bonds. The lowest BCUT2D eigenvalue weighted by molar-refractivity contribution is -0.384. The molecule has 3 aromatic rings. The Labute approximate surface area is 172 Å². The van der Waals surface area contributed by atoms with Crippen LogP contribution in [-0.2, 0) is 4.79 Å². The Morgan fingerprint density at radius 1 is 0.966 bits per heavy atom. The third-order valence-electron chi connectivity index (χ3n) is 4.20. The highest BCUT2D eigenvalue weighted by molar-refractivity contribution is 7.80. The molecule has 0 aliphatic carbocycles. The largest absolute Gasteiger partial charge is 0.506 e. The molecular formula is C21H17N3O4S. The number of nitrogens with zero attached hydrogens (tertiary/aromatic N) is 1. The number of carbonyl (C=O) groups is 1. The molecule has 0 unspecified atom stereocenters. The highest BCUT2D eigenvalue weighted by atomic mass is 32.1. The summed E-state index contributed by atoms with van der Waals surface area (Å²) in [7, 11) is 0. The van der Waals surface area contributed by atoms with Crippen molar-refractivity contribution in [2.24, 2.45) is 0 Å². The number of anilines is 1. The van der Waals surface area contributed by atoms with Crippen LogP contribution in [0.4, 0.5) is 11.4 Å².